The van der Waals surface area contributed by atoms with Crippen LogP contribution in [-0.2, 0) is 24.7 Å². The smallest absolute Gasteiger partial charge is 0.224 e. The van der Waals surface area contributed by atoms with E-state index in [9.17, 15) is 4.79 Å². The molecule has 0 unspecified atom stereocenters. The number of benzene rings is 1. The van der Waals surface area contributed by atoms with Gasteiger partial charge in [-0.1, -0.05) is 12.1 Å². The van der Waals surface area contributed by atoms with E-state index in [4.69, 9.17) is 5.26 Å². The van der Waals surface area contributed by atoms with Gasteiger partial charge in [0.1, 0.15) is 0 Å². The predicted molar refractivity (Wildman–Crippen MR) is 74.8 cm³/mol. The summed E-state index contributed by atoms with van der Waals surface area (Å²) in [7, 11) is 1.87. The highest BCUT2D eigenvalue weighted by Crippen LogP contribution is 2.04. The third kappa shape index (κ3) is 3.95. The summed E-state index contributed by atoms with van der Waals surface area (Å²) in [6.45, 7) is 0.598. The molecule has 20 heavy (non-hydrogen) atoms. The average Bonchev–Trinajstić information content (AvgIpc) is 2.85. The number of amides is 1. The summed E-state index contributed by atoms with van der Waals surface area (Å²) in [5, 5.41) is 15.7. The van der Waals surface area contributed by atoms with E-state index in [0.29, 0.717) is 18.5 Å². The van der Waals surface area contributed by atoms with E-state index in [1.165, 1.54) is 0 Å². The molecule has 0 radical (unpaired) electrons. The maximum Gasteiger partial charge on any atom is 0.224 e. The van der Waals surface area contributed by atoms with Crippen molar-refractivity contribution in [1.82, 2.24) is 15.1 Å². The Hall–Kier alpha value is -2.61. The fourth-order valence-electron chi connectivity index (χ4n) is 1.89. The van der Waals surface area contributed by atoms with Gasteiger partial charge in [-0.05, 0) is 29.7 Å². The van der Waals surface area contributed by atoms with Crippen LogP contribution < -0.4 is 5.32 Å². The van der Waals surface area contributed by atoms with Gasteiger partial charge < -0.3 is 5.32 Å². The Morgan fingerprint density at radius 3 is 2.70 bits per heavy atom. The van der Waals surface area contributed by atoms with Crippen molar-refractivity contribution in [2.45, 2.75) is 12.8 Å². The molecule has 0 saturated heterocycles. The first kappa shape index (κ1) is 13.8. The predicted octanol–water partition coefficient (Wildman–Crippen LogP) is 1.19. The van der Waals surface area contributed by atoms with Gasteiger partial charge in [0.05, 0.1) is 24.3 Å². The van der Waals surface area contributed by atoms with Gasteiger partial charge >= 0.3 is 0 Å². The van der Waals surface area contributed by atoms with Gasteiger partial charge in [-0.2, -0.15) is 10.4 Å². The molecule has 1 amide bonds. The number of aryl methyl sites for hydroxylation is 1. The summed E-state index contributed by atoms with van der Waals surface area (Å²) in [6.07, 6.45) is 4.84. The van der Waals surface area contributed by atoms with Crippen molar-refractivity contribution in [1.29, 1.82) is 5.26 Å². The summed E-state index contributed by atoms with van der Waals surface area (Å²) in [6, 6.07) is 9.10. The van der Waals surface area contributed by atoms with Gasteiger partial charge in [0, 0.05) is 19.8 Å². The van der Waals surface area contributed by atoms with E-state index < -0.39 is 0 Å². The van der Waals surface area contributed by atoms with Crippen LogP contribution in [-0.4, -0.2) is 22.2 Å². The number of aromatic nitrogens is 2. The van der Waals surface area contributed by atoms with Crippen LogP contribution >= 0.6 is 0 Å². The molecule has 2 rings (SSSR count). The van der Waals surface area contributed by atoms with Gasteiger partial charge in [-0.3, -0.25) is 9.48 Å². The van der Waals surface area contributed by atoms with Crippen LogP contribution in [0.3, 0.4) is 0 Å². The number of nitrogens with zero attached hydrogens (tertiary/aromatic N) is 3. The number of hydrogen-bond donors (Lipinski definition) is 1. The summed E-state index contributed by atoms with van der Waals surface area (Å²) in [4.78, 5) is 11.8. The van der Waals surface area contributed by atoms with E-state index >= 15 is 0 Å². The van der Waals surface area contributed by atoms with Crippen LogP contribution in [0, 0.1) is 11.3 Å². The Morgan fingerprint density at radius 1 is 1.35 bits per heavy atom. The minimum atomic E-state index is -0.0152. The highest BCUT2D eigenvalue weighted by atomic mass is 16.1. The van der Waals surface area contributed by atoms with E-state index in [-0.39, 0.29) is 5.91 Å². The minimum Gasteiger partial charge on any atom is -0.355 e. The van der Waals surface area contributed by atoms with E-state index in [0.717, 1.165) is 17.5 Å². The van der Waals surface area contributed by atoms with Crippen molar-refractivity contribution in [2.24, 2.45) is 7.05 Å². The van der Waals surface area contributed by atoms with Crippen molar-refractivity contribution < 1.29 is 4.79 Å². The molecular weight excluding hydrogens is 252 g/mol. The summed E-state index contributed by atoms with van der Waals surface area (Å²) >= 11 is 0. The van der Waals surface area contributed by atoms with Crippen LogP contribution in [0.25, 0.3) is 0 Å². The summed E-state index contributed by atoms with van der Waals surface area (Å²) < 4.78 is 1.74. The lowest BCUT2D eigenvalue weighted by Crippen LogP contribution is -2.27. The molecule has 0 saturated carbocycles. The van der Waals surface area contributed by atoms with Crippen molar-refractivity contribution in [3.63, 3.8) is 0 Å². The van der Waals surface area contributed by atoms with Crippen LogP contribution in [0.1, 0.15) is 16.7 Å². The SMILES string of the molecule is Cn1cc(CCNC(=O)Cc2ccc(C#N)cc2)cn1. The monoisotopic (exact) mass is 268 g/mol. The molecule has 1 aromatic heterocycles. The normalized spacial score (nSPS) is 10.0. The number of hydrogen-bond acceptors (Lipinski definition) is 3. The number of rotatable bonds is 5. The highest BCUT2D eigenvalue weighted by molar-refractivity contribution is 5.78. The molecule has 102 valence electrons. The number of nitriles is 1. The standard InChI is InChI=1S/C15H16N4O/c1-19-11-14(10-18-19)6-7-17-15(20)8-12-2-4-13(9-16)5-3-12/h2-5,10-11H,6-8H2,1H3,(H,17,20). The third-order valence-electron chi connectivity index (χ3n) is 2.94. The molecule has 0 fully saturated rings. The lowest BCUT2D eigenvalue weighted by atomic mass is 10.1. The molecule has 1 N–H and O–H groups in total. The molecule has 0 bridgehead atoms. The first-order chi connectivity index (χ1) is 9.67. The second-order valence-corrected chi connectivity index (χ2v) is 4.61. The Morgan fingerprint density at radius 2 is 2.10 bits per heavy atom. The highest BCUT2D eigenvalue weighted by Gasteiger charge is 2.03. The van der Waals surface area contributed by atoms with Gasteiger partial charge in [-0.25, -0.2) is 0 Å². The topological polar surface area (TPSA) is 70.7 Å². The minimum absolute atomic E-state index is 0.0152. The third-order valence-corrected chi connectivity index (χ3v) is 2.94. The first-order valence-corrected chi connectivity index (χ1v) is 6.40. The van der Waals surface area contributed by atoms with Gasteiger partial charge in [0.2, 0.25) is 5.91 Å². The van der Waals surface area contributed by atoms with Crippen LogP contribution in [0.15, 0.2) is 36.7 Å². The fraction of sp³-hybridized carbons (Fsp3) is 0.267. The van der Waals surface area contributed by atoms with Gasteiger partial charge in [-0.15, -0.1) is 0 Å². The average molecular weight is 268 g/mol. The van der Waals surface area contributed by atoms with Gasteiger partial charge in [0.15, 0.2) is 0 Å². The van der Waals surface area contributed by atoms with E-state index in [1.807, 2.05) is 13.2 Å². The second kappa shape index (κ2) is 6.53. The zero-order chi connectivity index (χ0) is 14.4. The van der Waals surface area contributed by atoms with Crippen molar-refractivity contribution in [3.05, 3.63) is 53.3 Å². The number of carbonyl (C=O) groups excluding carboxylic acids is 1. The molecule has 0 spiro atoms. The van der Waals surface area contributed by atoms with E-state index in [2.05, 4.69) is 16.5 Å². The molecule has 5 nitrogen and oxygen atoms in total. The van der Waals surface area contributed by atoms with Gasteiger partial charge in [0.25, 0.3) is 0 Å². The fourth-order valence-corrected chi connectivity index (χ4v) is 1.89. The Balaban J connectivity index is 1.76. The molecule has 5 heteroatoms. The van der Waals surface area contributed by atoms with Crippen LogP contribution in [0.5, 0.6) is 0 Å². The molecular formula is C15H16N4O. The Labute approximate surface area is 117 Å². The summed E-state index contributed by atoms with van der Waals surface area (Å²) in [5.74, 6) is -0.0152. The maximum atomic E-state index is 11.8. The molecule has 0 aliphatic heterocycles. The molecule has 1 aromatic carbocycles. The molecule has 0 atom stereocenters. The zero-order valence-corrected chi connectivity index (χ0v) is 11.3. The van der Waals surface area contributed by atoms with Crippen molar-refractivity contribution in [3.8, 4) is 6.07 Å². The molecule has 1 heterocycles. The van der Waals surface area contributed by atoms with Crippen molar-refractivity contribution >= 4 is 5.91 Å². The van der Waals surface area contributed by atoms with E-state index in [1.54, 1.807) is 35.1 Å². The molecule has 2 aromatic rings. The first-order valence-electron chi connectivity index (χ1n) is 6.40. The lowest BCUT2D eigenvalue weighted by Gasteiger charge is -2.04. The maximum absolute atomic E-state index is 11.8. The van der Waals surface area contributed by atoms with Crippen LogP contribution in [0.2, 0.25) is 0 Å². The Kier molecular flexibility index (Phi) is 4.51. The lowest BCUT2D eigenvalue weighted by molar-refractivity contribution is -0.120. The summed E-state index contributed by atoms with van der Waals surface area (Å²) in [5.41, 5.74) is 2.61. The number of nitrogens with one attached hydrogen (secondary N) is 1. The molecule has 0 aliphatic rings. The Bertz CT molecular complexity index is 622. The van der Waals surface area contributed by atoms with Crippen LogP contribution in [0.4, 0.5) is 0 Å². The van der Waals surface area contributed by atoms with Crippen molar-refractivity contribution in [2.75, 3.05) is 6.54 Å². The number of carbonyl (C=O) groups is 1. The molecule has 0 aliphatic carbocycles. The second-order valence-electron chi connectivity index (χ2n) is 4.61. The quantitative estimate of drug-likeness (QED) is 0.885. The zero-order valence-electron chi connectivity index (χ0n) is 11.3. The largest absolute Gasteiger partial charge is 0.355 e.